The van der Waals surface area contributed by atoms with Crippen molar-refractivity contribution in [1.29, 1.82) is 0 Å². The summed E-state index contributed by atoms with van der Waals surface area (Å²) in [4.78, 5) is 0. The fraction of sp³-hybridized carbons (Fsp3) is 0.200. The molecule has 0 saturated heterocycles. The molecular weight excluding hydrogens is 227 g/mol. The molecule has 2 N–H and O–H groups in total. The summed E-state index contributed by atoms with van der Waals surface area (Å²) < 4.78 is 0. The van der Waals surface area contributed by atoms with Crippen LogP contribution < -0.4 is 11.0 Å². The Balaban J connectivity index is 0.000000531. The quantitative estimate of drug-likeness (QED) is 0.755. The van der Waals surface area contributed by atoms with Crippen LogP contribution in [0.1, 0.15) is 11.1 Å². The first-order chi connectivity index (χ1) is 7.27. The fourth-order valence-electron chi connectivity index (χ4n) is 1.29. The van der Waals surface area contributed by atoms with Crippen LogP contribution in [0.15, 0.2) is 29.4 Å². The van der Waals surface area contributed by atoms with Crippen LogP contribution in [0.4, 0.5) is 0 Å². The van der Waals surface area contributed by atoms with Crippen molar-refractivity contribution in [1.82, 2.24) is 16.1 Å². The standard InChI is InChI=1S/C9H12N4.CH2.V/c1-7-5-3-4-6-8(7)9-10-12-13(2)11-9;;/h3-6,12H,1-2H3,(H,10,11);1H2;. The Bertz CT molecular complexity index is 364. The van der Waals surface area contributed by atoms with Gasteiger partial charge >= 0.3 is 22.2 Å². The number of amidine groups is 1. The van der Waals surface area contributed by atoms with Crippen molar-refractivity contribution >= 4 is 11.1 Å². The third kappa shape index (κ3) is 2.92. The molecular formula is C10H14N4V. The van der Waals surface area contributed by atoms with E-state index in [4.69, 9.17) is 0 Å². The molecule has 0 unspecified atom stereocenters. The molecule has 2 rings (SSSR count). The van der Waals surface area contributed by atoms with Gasteiger partial charge in [0.2, 0.25) is 0 Å². The Labute approximate surface area is 98.8 Å². The van der Waals surface area contributed by atoms with Crippen molar-refractivity contribution in [2.24, 2.45) is 5.10 Å². The second-order valence-corrected chi connectivity index (χ2v) is 3.05. The SMILES string of the molecule is Cc1ccccc1C1=NNN(C)N1.[CH2]=[V]. The molecule has 1 heterocycles. The van der Waals surface area contributed by atoms with Gasteiger partial charge in [-0.05, 0) is 12.5 Å². The minimum atomic E-state index is 0.862. The molecule has 0 aliphatic carbocycles. The van der Waals surface area contributed by atoms with Crippen molar-refractivity contribution < 1.29 is 17.0 Å². The van der Waals surface area contributed by atoms with Gasteiger partial charge in [0.15, 0.2) is 5.84 Å². The molecule has 1 aliphatic rings. The molecule has 5 heteroatoms. The Morgan fingerprint density at radius 1 is 1.33 bits per heavy atom. The predicted molar refractivity (Wildman–Crippen MR) is 58.9 cm³/mol. The van der Waals surface area contributed by atoms with Gasteiger partial charge in [0.1, 0.15) is 0 Å². The molecule has 0 saturated carbocycles. The van der Waals surface area contributed by atoms with E-state index in [-0.39, 0.29) is 0 Å². The number of benzene rings is 1. The molecule has 0 amide bonds. The summed E-state index contributed by atoms with van der Waals surface area (Å²) in [7, 11) is 1.87. The topological polar surface area (TPSA) is 39.7 Å². The van der Waals surface area contributed by atoms with E-state index in [1.807, 2.05) is 25.2 Å². The summed E-state index contributed by atoms with van der Waals surface area (Å²) in [5.74, 6) is 0.862. The average Bonchev–Trinajstić information content (AvgIpc) is 2.68. The number of hydrazine groups is 2. The molecule has 0 spiro atoms. The maximum atomic E-state index is 4.13. The summed E-state index contributed by atoms with van der Waals surface area (Å²) in [6.07, 6.45) is 0. The molecule has 0 aromatic heterocycles. The zero-order valence-electron chi connectivity index (χ0n) is 8.86. The van der Waals surface area contributed by atoms with Gasteiger partial charge < -0.3 is 0 Å². The number of hydrazone groups is 1. The van der Waals surface area contributed by atoms with Crippen LogP contribution >= 0.6 is 0 Å². The van der Waals surface area contributed by atoms with Gasteiger partial charge in [-0.3, -0.25) is 5.43 Å². The van der Waals surface area contributed by atoms with Gasteiger partial charge in [0.05, 0.1) is 0 Å². The van der Waals surface area contributed by atoms with Crippen LogP contribution in [0, 0.1) is 6.92 Å². The maximum absolute atomic E-state index is 4.13. The van der Waals surface area contributed by atoms with Crippen molar-refractivity contribution in [3.8, 4) is 0 Å². The monoisotopic (exact) mass is 241 g/mol. The summed E-state index contributed by atoms with van der Waals surface area (Å²) in [5.41, 5.74) is 8.23. The Hall–Kier alpha value is -1.10. The van der Waals surface area contributed by atoms with Crippen LogP contribution in [-0.4, -0.2) is 23.2 Å². The van der Waals surface area contributed by atoms with Gasteiger partial charge in [-0.25, -0.2) is 5.53 Å². The van der Waals surface area contributed by atoms with Gasteiger partial charge in [-0.2, -0.15) is 0 Å². The second-order valence-electron chi connectivity index (χ2n) is 3.05. The van der Waals surface area contributed by atoms with E-state index in [2.05, 4.69) is 51.3 Å². The molecule has 4 nitrogen and oxygen atoms in total. The number of aryl methyl sites for hydroxylation is 1. The van der Waals surface area contributed by atoms with Crippen LogP contribution in [-0.2, 0) is 17.0 Å². The first-order valence-electron chi connectivity index (χ1n) is 4.49. The first-order valence-corrected chi connectivity index (χ1v) is 5.47. The zero-order valence-corrected chi connectivity index (χ0v) is 10.3. The molecule has 79 valence electrons. The van der Waals surface area contributed by atoms with E-state index < -0.39 is 0 Å². The first kappa shape index (κ1) is 12.0. The zero-order chi connectivity index (χ0) is 11.3. The van der Waals surface area contributed by atoms with E-state index >= 15 is 0 Å². The van der Waals surface area contributed by atoms with Gasteiger partial charge in [-0.15, -0.1) is 10.2 Å². The molecule has 0 atom stereocenters. The number of hydrogen-bond acceptors (Lipinski definition) is 4. The van der Waals surface area contributed by atoms with Crippen molar-refractivity contribution in [3.63, 3.8) is 0 Å². The Morgan fingerprint density at radius 3 is 2.53 bits per heavy atom. The third-order valence-corrected chi connectivity index (χ3v) is 1.99. The van der Waals surface area contributed by atoms with E-state index in [0.29, 0.717) is 0 Å². The molecule has 1 aliphatic heterocycles. The van der Waals surface area contributed by atoms with Crippen LogP contribution in [0.5, 0.6) is 0 Å². The molecule has 1 aromatic carbocycles. The van der Waals surface area contributed by atoms with Crippen LogP contribution in [0.25, 0.3) is 0 Å². The van der Waals surface area contributed by atoms with Crippen molar-refractivity contribution in [2.45, 2.75) is 6.92 Å². The summed E-state index contributed by atoms with van der Waals surface area (Å²) in [6, 6.07) is 8.14. The van der Waals surface area contributed by atoms with E-state index in [1.54, 1.807) is 5.12 Å². The number of nitrogens with one attached hydrogen (secondary N) is 2. The summed E-state index contributed by atoms with van der Waals surface area (Å²) in [6.45, 7) is 2.07. The van der Waals surface area contributed by atoms with Crippen molar-refractivity contribution in [3.05, 3.63) is 35.4 Å². The van der Waals surface area contributed by atoms with Crippen molar-refractivity contribution in [2.75, 3.05) is 7.05 Å². The molecule has 0 bridgehead atoms. The minimum absolute atomic E-state index is 0.862. The Morgan fingerprint density at radius 2 is 2.00 bits per heavy atom. The van der Waals surface area contributed by atoms with Gasteiger partial charge in [-0.1, -0.05) is 24.3 Å². The summed E-state index contributed by atoms with van der Waals surface area (Å²) in [5, 5.41) is 9.03. The van der Waals surface area contributed by atoms with E-state index in [0.717, 1.165) is 11.4 Å². The molecule has 15 heavy (non-hydrogen) atoms. The number of hydrogen-bond donors (Lipinski definition) is 2. The Kier molecular flexibility index (Phi) is 4.55. The van der Waals surface area contributed by atoms with E-state index in [9.17, 15) is 0 Å². The van der Waals surface area contributed by atoms with Gasteiger partial charge in [0, 0.05) is 12.6 Å². The summed E-state index contributed by atoms with van der Waals surface area (Å²) >= 11 is 2.06. The van der Waals surface area contributed by atoms with Gasteiger partial charge in [0.25, 0.3) is 0 Å². The third-order valence-electron chi connectivity index (χ3n) is 1.99. The fourth-order valence-corrected chi connectivity index (χ4v) is 1.29. The predicted octanol–water partition coefficient (Wildman–Crippen LogP) is 0.576. The second kappa shape index (κ2) is 5.70. The number of rotatable bonds is 1. The molecule has 0 fully saturated rings. The van der Waals surface area contributed by atoms with Crippen LogP contribution in [0.3, 0.4) is 0 Å². The molecule has 1 aromatic rings. The molecule has 0 radical (unpaired) electrons. The average molecular weight is 241 g/mol. The van der Waals surface area contributed by atoms with E-state index in [1.165, 1.54) is 5.56 Å². The number of nitrogens with zero attached hydrogens (tertiary/aromatic N) is 2. The normalized spacial score (nSPS) is 14.3. The van der Waals surface area contributed by atoms with Crippen LogP contribution in [0.2, 0.25) is 0 Å².